The summed E-state index contributed by atoms with van der Waals surface area (Å²) in [6, 6.07) is 11.9. The van der Waals surface area contributed by atoms with E-state index in [-0.39, 0.29) is 11.2 Å². The van der Waals surface area contributed by atoms with Crippen LogP contribution in [0.2, 0.25) is 0 Å². The van der Waals surface area contributed by atoms with E-state index in [1.54, 1.807) is 6.26 Å². The molecule has 1 unspecified atom stereocenters. The van der Waals surface area contributed by atoms with E-state index in [0.717, 1.165) is 22.7 Å². The average molecular weight is 399 g/mol. The Labute approximate surface area is 169 Å². The molecule has 148 valence electrons. The molecule has 1 aromatic carbocycles. The number of carbonyl (C=O) groups excluding carboxylic acids is 1. The molecular formula is C21H26N4O2S. The Balaban J connectivity index is 1.95. The number of aryl methyl sites for hydroxylation is 1. The first kappa shape index (κ1) is 20.2. The van der Waals surface area contributed by atoms with Gasteiger partial charge < -0.3 is 9.32 Å². The lowest BCUT2D eigenvalue weighted by molar-refractivity contribution is -0.129. The summed E-state index contributed by atoms with van der Waals surface area (Å²) >= 11 is 1.44. The number of aromatic nitrogens is 3. The molecule has 28 heavy (non-hydrogen) atoms. The summed E-state index contributed by atoms with van der Waals surface area (Å²) in [6.45, 7) is 9.88. The molecule has 2 heterocycles. The van der Waals surface area contributed by atoms with Gasteiger partial charge in [-0.05, 0) is 45.4 Å². The molecule has 2 aromatic heterocycles. The maximum atomic E-state index is 12.7. The molecule has 0 saturated carbocycles. The molecular weight excluding hydrogens is 372 g/mol. The summed E-state index contributed by atoms with van der Waals surface area (Å²) < 4.78 is 7.57. The number of nitrogens with zero attached hydrogens (tertiary/aromatic N) is 4. The van der Waals surface area contributed by atoms with Crippen LogP contribution in [-0.2, 0) is 11.3 Å². The Morgan fingerprint density at radius 2 is 1.93 bits per heavy atom. The second-order valence-electron chi connectivity index (χ2n) is 6.56. The van der Waals surface area contributed by atoms with Gasteiger partial charge in [-0.15, -0.1) is 10.2 Å². The fourth-order valence-electron chi connectivity index (χ4n) is 3.10. The molecule has 0 saturated heterocycles. The normalized spacial score (nSPS) is 12.1. The van der Waals surface area contributed by atoms with Gasteiger partial charge in [-0.3, -0.25) is 9.36 Å². The number of benzene rings is 1. The summed E-state index contributed by atoms with van der Waals surface area (Å²) in [5, 5.41) is 9.33. The molecule has 0 aliphatic rings. The second-order valence-corrected chi connectivity index (χ2v) is 7.87. The zero-order valence-electron chi connectivity index (χ0n) is 16.8. The maximum Gasteiger partial charge on any atom is 0.235 e. The van der Waals surface area contributed by atoms with Crippen molar-refractivity contribution >= 4 is 17.7 Å². The predicted molar refractivity (Wildman–Crippen MR) is 111 cm³/mol. The topological polar surface area (TPSA) is 64.2 Å². The van der Waals surface area contributed by atoms with Gasteiger partial charge >= 0.3 is 0 Å². The number of hydrogen-bond acceptors (Lipinski definition) is 5. The van der Waals surface area contributed by atoms with Crippen molar-refractivity contribution in [3.8, 4) is 11.4 Å². The summed E-state index contributed by atoms with van der Waals surface area (Å²) in [6.07, 6.45) is 1.66. The molecule has 3 aromatic rings. The Kier molecular flexibility index (Phi) is 6.57. The minimum atomic E-state index is -0.246. The van der Waals surface area contributed by atoms with Crippen molar-refractivity contribution in [2.45, 2.75) is 44.6 Å². The van der Waals surface area contributed by atoms with Gasteiger partial charge in [-0.2, -0.15) is 0 Å². The number of hydrogen-bond donors (Lipinski definition) is 0. The first-order valence-corrected chi connectivity index (χ1v) is 10.4. The van der Waals surface area contributed by atoms with E-state index >= 15 is 0 Å². The van der Waals surface area contributed by atoms with Crippen LogP contribution in [0, 0.1) is 6.92 Å². The maximum absolute atomic E-state index is 12.7. The summed E-state index contributed by atoms with van der Waals surface area (Å²) in [5.74, 6) is 1.71. The molecule has 0 aliphatic heterocycles. The van der Waals surface area contributed by atoms with Crippen molar-refractivity contribution in [1.82, 2.24) is 19.7 Å². The van der Waals surface area contributed by atoms with Crippen molar-refractivity contribution in [2.75, 3.05) is 13.1 Å². The van der Waals surface area contributed by atoms with Crippen LogP contribution in [0.4, 0.5) is 0 Å². The Hall–Kier alpha value is -2.54. The van der Waals surface area contributed by atoms with Crippen molar-refractivity contribution in [3.05, 3.63) is 54.0 Å². The van der Waals surface area contributed by atoms with Crippen LogP contribution in [-0.4, -0.2) is 43.9 Å². The Bertz CT molecular complexity index is 916. The van der Waals surface area contributed by atoms with Gasteiger partial charge in [0.1, 0.15) is 5.76 Å². The number of thioether (sulfide) groups is 1. The largest absolute Gasteiger partial charge is 0.467 e. The first-order valence-electron chi connectivity index (χ1n) is 9.52. The van der Waals surface area contributed by atoms with E-state index in [0.29, 0.717) is 24.8 Å². The van der Waals surface area contributed by atoms with Crippen molar-refractivity contribution in [3.63, 3.8) is 0 Å². The molecule has 1 atom stereocenters. The lowest BCUT2D eigenvalue weighted by atomic mass is 10.1. The highest BCUT2D eigenvalue weighted by molar-refractivity contribution is 8.00. The van der Waals surface area contributed by atoms with Crippen LogP contribution in [0.15, 0.2) is 52.2 Å². The number of rotatable bonds is 8. The smallest absolute Gasteiger partial charge is 0.235 e. The summed E-state index contributed by atoms with van der Waals surface area (Å²) in [5.41, 5.74) is 2.15. The Morgan fingerprint density at radius 1 is 1.18 bits per heavy atom. The molecule has 0 N–H and O–H groups in total. The molecule has 7 heteroatoms. The molecule has 0 spiro atoms. The molecule has 0 radical (unpaired) electrons. The van der Waals surface area contributed by atoms with E-state index in [1.165, 1.54) is 11.8 Å². The zero-order chi connectivity index (χ0) is 20.1. The fourth-order valence-corrected chi connectivity index (χ4v) is 4.03. The number of carbonyl (C=O) groups is 1. The van der Waals surface area contributed by atoms with Crippen molar-refractivity contribution < 1.29 is 9.21 Å². The third-order valence-corrected chi connectivity index (χ3v) is 5.77. The van der Waals surface area contributed by atoms with Crippen LogP contribution >= 0.6 is 11.8 Å². The number of furan rings is 1. The third kappa shape index (κ3) is 4.30. The van der Waals surface area contributed by atoms with Gasteiger partial charge in [-0.1, -0.05) is 36.0 Å². The van der Waals surface area contributed by atoms with Gasteiger partial charge in [0.15, 0.2) is 11.0 Å². The minimum Gasteiger partial charge on any atom is -0.467 e. The highest BCUT2D eigenvalue weighted by Gasteiger charge is 2.24. The fraction of sp³-hybridized carbons (Fsp3) is 0.381. The lowest BCUT2D eigenvalue weighted by Crippen LogP contribution is -2.36. The monoisotopic (exact) mass is 398 g/mol. The third-order valence-electron chi connectivity index (χ3n) is 4.70. The van der Waals surface area contributed by atoms with Crippen molar-refractivity contribution in [2.24, 2.45) is 0 Å². The first-order chi connectivity index (χ1) is 13.5. The van der Waals surface area contributed by atoms with Crippen LogP contribution in [0.25, 0.3) is 11.4 Å². The highest BCUT2D eigenvalue weighted by Crippen LogP contribution is 2.30. The standard InChI is InChI=1S/C21H26N4O2S/c1-5-24(6-2)20(26)16(4)28-21-23-22-19(18-12-8-7-10-15(18)3)25(21)14-17-11-9-13-27-17/h7-13,16H,5-6,14H2,1-4H3. The Morgan fingerprint density at radius 3 is 2.57 bits per heavy atom. The minimum absolute atomic E-state index is 0.111. The van der Waals surface area contributed by atoms with Gasteiger partial charge in [0.25, 0.3) is 0 Å². The molecule has 1 amide bonds. The average Bonchev–Trinajstić information content (AvgIpc) is 3.34. The van der Waals surface area contributed by atoms with Crippen LogP contribution in [0.1, 0.15) is 32.1 Å². The van der Waals surface area contributed by atoms with Crippen molar-refractivity contribution in [1.29, 1.82) is 0 Å². The zero-order valence-corrected chi connectivity index (χ0v) is 17.6. The molecule has 6 nitrogen and oxygen atoms in total. The molecule has 0 bridgehead atoms. The summed E-state index contributed by atoms with van der Waals surface area (Å²) in [7, 11) is 0. The van der Waals surface area contributed by atoms with Gasteiger partial charge in [0.05, 0.1) is 18.1 Å². The highest BCUT2D eigenvalue weighted by atomic mass is 32.2. The van der Waals surface area contributed by atoms with Gasteiger partial charge in [0, 0.05) is 18.7 Å². The number of amides is 1. The van der Waals surface area contributed by atoms with E-state index in [9.17, 15) is 4.79 Å². The predicted octanol–water partition coefficient (Wildman–Crippen LogP) is 4.24. The van der Waals surface area contributed by atoms with Crippen LogP contribution in [0.3, 0.4) is 0 Å². The molecule has 3 rings (SSSR count). The second kappa shape index (κ2) is 9.10. The van der Waals surface area contributed by atoms with Gasteiger partial charge in [-0.25, -0.2) is 0 Å². The van der Waals surface area contributed by atoms with E-state index in [2.05, 4.69) is 23.2 Å². The molecule has 0 aliphatic carbocycles. The lowest BCUT2D eigenvalue weighted by Gasteiger charge is -2.22. The SMILES string of the molecule is CCN(CC)C(=O)C(C)Sc1nnc(-c2ccccc2C)n1Cc1ccco1. The molecule has 0 fully saturated rings. The van der Waals surface area contributed by atoms with E-state index < -0.39 is 0 Å². The van der Waals surface area contributed by atoms with E-state index in [1.807, 2.05) is 60.6 Å². The van der Waals surface area contributed by atoms with Crippen LogP contribution in [0.5, 0.6) is 0 Å². The van der Waals surface area contributed by atoms with Crippen LogP contribution < -0.4 is 0 Å². The summed E-state index contributed by atoms with van der Waals surface area (Å²) in [4.78, 5) is 14.5. The van der Waals surface area contributed by atoms with E-state index in [4.69, 9.17) is 4.42 Å². The quantitative estimate of drug-likeness (QED) is 0.531. The van der Waals surface area contributed by atoms with Gasteiger partial charge in [0.2, 0.25) is 5.91 Å².